The minimum Gasteiger partial charge on any atom is -0.303 e. The Bertz CT molecular complexity index is 596. The van der Waals surface area contributed by atoms with E-state index in [0.29, 0.717) is 17.4 Å². The number of nitrogens with zero attached hydrogens (tertiary/aromatic N) is 4. The van der Waals surface area contributed by atoms with Crippen molar-refractivity contribution in [2.75, 3.05) is 14.1 Å². The zero-order valence-corrected chi connectivity index (χ0v) is 11.3. The van der Waals surface area contributed by atoms with E-state index in [1.807, 2.05) is 12.1 Å². The Morgan fingerprint density at radius 1 is 1.11 bits per heavy atom. The minimum absolute atomic E-state index is 0.353. The van der Waals surface area contributed by atoms with E-state index < -0.39 is 0 Å². The molecule has 0 amide bonds. The Hall–Kier alpha value is -2.25. The highest BCUT2D eigenvalue weighted by Crippen LogP contribution is 2.23. The normalized spacial score (nSPS) is 12.2. The maximum absolute atomic E-state index is 9.04. The van der Waals surface area contributed by atoms with E-state index in [0.717, 1.165) is 5.56 Å². The Kier molecular flexibility index (Phi) is 3.88. The molecule has 19 heavy (non-hydrogen) atoms. The zero-order chi connectivity index (χ0) is 13.8. The van der Waals surface area contributed by atoms with Gasteiger partial charge in [0.05, 0.1) is 0 Å². The molecule has 2 aromatic rings. The number of nitriles is 1. The van der Waals surface area contributed by atoms with Gasteiger partial charge in [-0.1, -0.05) is 24.3 Å². The van der Waals surface area contributed by atoms with Crippen LogP contribution in [0.4, 0.5) is 0 Å². The molecule has 2 rings (SSSR count). The summed E-state index contributed by atoms with van der Waals surface area (Å²) >= 11 is 0. The van der Waals surface area contributed by atoms with Crippen LogP contribution < -0.4 is 0 Å². The molecule has 1 atom stereocenters. The Morgan fingerprint density at radius 2 is 1.74 bits per heavy atom. The van der Waals surface area contributed by atoms with Crippen molar-refractivity contribution in [1.29, 1.82) is 5.26 Å². The molecule has 0 aliphatic heterocycles. The molecule has 1 heterocycles. The van der Waals surface area contributed by atoms with Gasteiger partial charge in [0.15, 0.2) is 5.69 Å². The van der Waals surface area contributed by atoms with Crippen LogP contribution in [0.2, 0.25) is 0 Å². The van der Waals surface area contributed by atoms with Crippen molar-refractivity contribution in [3.05, 3.63) is 47.9 Å². The Labute approximate surface area is 113 Å². The first-order chi connectivity index (χ1) is 9.13. The first-order valence-corrected chi connectivity index (χ1v) is 6.11. The molecule has 0 aliphatic carbocycles. The molecule has 0 saturated heterocycles. The fourth-order valence-electron chi connectivity index (χ4n) is 1.85. The van der Waals surface area contributed by atoms with Gasteiger partial charge in [0, 0.05) is 24.0 Å². The molecule has 0 radical (unpaired) electrons. The number of rotatable bonds is 3. The van der Waals surface area contributed by atoms with Crippen LogP contribution in [0.25, 0.3) is 11.3 Å². The lowest BCUT2D eigenvalue weighted by Gasteiger charge is -2.20. The van der Waals surface area contributed by atoms with Crippen molar-refractivity contribution in [2.24, 2.45) is 0 Å². The topological polar surface area (TPSA) is 52.8 Å². The molecule has 4 nitrogen and oxygen atoms in total. The molecule has 96 valence electrons. The summed E-state index contributed by atoms with van der Waals surface area (Å²) in [4.78, 5) is 10.4. The Balaban J connectivity index is 2.36. The summed E-state index contributed by atoms with van der Waals surface area (Å²) in [5, 5.41) is 9.04. The van der Waals surface area contributed by atoms with E-state index in [1.165, 1.54) is 11.8 Å². The molecule has 1 aromatic heterocycles. The summed E-state index contributed by atoms with van der Waals surface area (Å²) in [6.07, 6.45) is 3.14. The SMILES string of the molecule is C[C@@H](c1ccc(-c2nccnc2C#N)cc1)N(C)C. The lowest BCUT2D eigenvalue weighted by atomic mass is 10.0. The molecule has 0 spiro atoms. The lowest BCUT2D eigenvalue weighted by molar-refractivity contribution is 0.321. The number of hydrogen-bond donors (Lipinski definition) is 0. The minimum atomic E-state index is 0.353. The van der Waals surface area contributed by atoms with Crippen LogP contribution in [0, 0.1) is 11.3 Å². The van der Waals surface area contributed by atoms with Crippen LogP contribution >= 0.6 is 0 Å². The predicted molar refractivity (Wildman–Crippen MR) is 74.3 cm³/mol. The third-order valence-corrected chi connectivity index (χ3v) is 3.25. The van der Waals surface area contributed by atoms with Crippen LogP contribution in [0.15, 0.2) is 36.7 Å². The fourth-order valence-corrected chi connectivity index (χ4v) is 1.85. The number of benzene rings is 1. The molecule has 0 aliphatic rings. The van der Waals surface area contributed by atoms with Crippen molar-refractivity contribution >= 4 is 0 Å². The maximum Gasteiger partial charge on any atom is 0.166 e. The van der Waals surface area contributed by atoms with Gasteiger partial charge in [-0.25, -0.2) is 4.98 Å². The quantitative estimate of drug-likeness (QED) is 0.842. The van der Waals surface area contributed by atoms with Crippen LogP contribution in [-0.2, 0) is 0 Å². The van der Waals surface area contributed by atoms with Gasteiger partial charge in [0.25, 0.3) is 0 Å². The van der Waals surface area contributed by atoms with E-state index in [-0.39, 0.29) is 0 Å². The molecule has 0 saturated carbocycles. The number of hydrogen-bond acceptors (Lipinski definition) is 4. The van der Waals surface area contributed by atoms with E-state index in [1.54, 1.807) is 6.20 Å². The van der Waals surface area contributed by atoms with Gasteiger partial charge in [-0.2, -0.15) is 5.26 Å². The molecular formula is C15H16N4. The zero-order valence-electron chi connectivity index (χ0n) is 11.3. The molecule has 1 aromatic carbocycles. The molecule has 0 fully saturated rings. The number of aromatic nitrogens is 2. The summed E-state index contributed by atoms with van der Waals surface area (Å²) in [7, 11) is 4.10. The first-order valence-electron chi connectivity index (χ1n) is 6.11. The smallest absolute Gasteiger partial charge is 0.166 e. The first kappa shape index (κ1) is 13.2. The van der Waals surface area contributed by atoms with E-state index in [9.17, 15) is 0 Å². The molecular weight excluding hydrogens is 236 g/mol. The van der Waals surface area contributed by atoms with Gasteiger partial charge in [0.2, 0.25) is 0 Å². The van der Waals surface area contributed by atoms with Gasteiger partial charge >= 0.3 is 0 Å². The third-order valence-electron chi connectivity index (χ3n) is 3.25. The van der Waals surface area contributed by atoms with Crippen molar-refractivity contribution in [2.45, 2.75) is 13.0 Å². The average molecular weight is 252 g/mol. The predicted octanol–water partition coefficient (Wildman–Crippen LogP) is 2.64. The van der Waals surface area contributed by atoms with Crippen LogP contribution in [-0.4, -0.2) is 29.0 Å². The fraction of sp³-hybridized carbons (Fsp3) is 0.267. The second-order valence-electron chi connectivity index (χ2n) is 4.63. The van der Waals surface area contributed by atoms with Crippen molar-refractivity contribution in [3.8, 4) is 17.3 Å². The van der Waals surface area contributed by atoms with E-state index in [4.69, 9.17) is 5.26 Å². The summed E-state index contributed by atoms with van der Waals surface area (Å²) in [5.41, 5.74) is 3.14. The largest absolute Gasteiger partial charge is 0.303 e. The van der Waals surface area contributed by atoms with Gasteiger partial charge in [-0.15, -0.1) is 0 Å². The van der Waals surface area contributed by atoms with Crippen molar-refractivity contribution in [1.82, 2.24) is 14.9 Å². The van der Waals surface area contributed by atoms with E-state index in [2.05, 4.69) is 54.1 Å². The average Bonchev–Trinajstić information content (AvgIpc) is 2.46. The standard InChI is InChI=1S/C15H16N4/c1-11(19(2)3)12-4-6-13(7-5-12)15-14(10-16)17-8-9-18-15/h4-9,11H,1-3H3/t11-/m0/s1. The van der Waals surface area contributed by atoms with Gasteiger partial charge in [-0.3, -0.25) is 4.98 Å². The summed E-state index contributed by atoms with van der Waals surface area (Å²) < 4.78 is 0. The molecule has 0 N–H and O–H groups in total. The van der Waals surface area contributed by atoms with E-state index >= 15 is 0 Å². The van der Waals surface area contributed by atoms with Crippen LogP contribution in [0.1, 0.15) is 24.2 Å². The second-order valence-corrected chi connectivity index (χ2v) is 4.63. The second kappa shape index (κ2) is 5.59. The molecule has 0 unspecified atom stereocenters. The highest BCUT2D eigenvalue weighted by atomic mass is 15.1. The van der Waals surface area contributed by atoms with Crippen LogP contribution in [0.5, 0.6) is 0 Å². The lowest BCUT2D eigenvalue weighted by Crippen LogP contribution is -2.16. The van der Waals surface area contributed by atoms with Crippen molar-refractivity contribution < 1.29 is 0 Å². The van der Waals surface area contributed by atoms with Crippen LogP contribution in [0.3, 0.4) is 0 Å². The maximum atomic E-state index is 9.04. The summed E-state index contributed by atoms with van der Waals surface area (Å²) in [6.45, 7) is 2.15. The highest BCUT2D eigenvalue weighted by Gasteiger charge is 2.10. The molecule has 0 bridgehead atoms. The van der Waals surface area contributed by atoms with Gasteiger partial charge in [0.1, 0.15) is 11.8 Å². The van der Waals surface area contributed by atoms with Gasteiger partial charge < -0.3 is 4.90 Å². The monoisotopic (exact) mass is 252 g/mol. The molecule has 4 heteroatoms. The Morgan fingerprint density at radius 3 is 2.32 bits per heavy atom. The summed E-state index contributed by atoms with van der Waals surface area (Å²) in [6, 6.07) is 10.5. The van der Waals surface area contributed by atoms with Crippen molar-refractivity contribution in [3.63, 3.8) is 0 Å². The summed E-state index contributed by atoms with van der Waals surface area (Å²) in [5.74, 6) is 0. The van der Waals surface area contributed by atoms with Gasteiger partial charge in [-0.05, 0) is 26.6 Å². The highest BCUT2D eigenvalue weighted by molar-refractivity contribution is 5.64. The third kappa shape index (κ3) is 2.78.